The van der Waals surface area contributed by atoms with Gasteiger partial charge in [0.05, 0.1) is 0 Å². The minimum absolute atomic E-state index is 0.724. The van der Waals surface area contributed by atoms with Crippen LogP contribution in [0.3, 0.4) is 0 Å². The summed E-state index contributed by atoms with van der Waals surface area (Å²) >= 11 is 10.0. The van der Waals surface area contributed by atoms with Crippen LogP contribution in [0.5, 0.6) is 0 Å². The molecule has 0 spiro atoms. The van der Waals surface area contributed by atoms with Crippen molar-refractivity contribution in [1.29, 1.82) is 0 Å². The Kier molecular flexibility index (Phi) is 4.92. The van der Waals surface area contributed by atoms with Gasteiger partial charge in [-0.2, -0.15) is 0 Å². The van der Waals surface area contributed by atoms with Crippen LogP contribution in [0.15, 0.2) is 0 Å². The Bertz CT molecular complexity index is 54.1. The van der Waals surface area contributed by atoms with Crippen LogP contribution >= 0.6 is 54.7 Å². The van der Waals surface area contributed by atoms with Gasteiger partial charge in [0.25, 0.3) is 0 Å². The van der Waals surface area contributed by atoms with Gasteiger partial charge in [0.15, 0.2) is 0 Å². The highest BCUT2D eigenvalue weighted by Crippen LogP contribution is 2.26. The predicted octanol–water partition coefficient (Wildman–Crippen LogP) is 2.57. The van der Waals surface area contributed by atoms with Gasteiger partial charge < -0.3 is 4.43 Å². The van der Waals surface area contributed by atoms with Gasteiger partial charge in [0.2, 0.25) is 0 Å². The molecule has 44 valence electrons. The van der Waals surface area contributed by atoms with Crippen LogP contribution in [-0.2, 0) is 4.43 Å². The second-order valence-electron chi connectivity index (χ2n) is 0.879. The van der Waals surface area contributed by atoms with Gasteiger partial charge in [-0.3, -0.25) is 0 Å². The zero-order valence-electron chi connectivity index (χ0n) is 3.75. The second kappa shape index (κ2) is 3.86. The highest BCUT2D eigenvalue weighted by molar-refractivity contribution is 14.3. The SMILES string of the molecule is CCO[Si](Cl)(I)I. The van der Waals surface area contributed by atoms with E-state index in [1.807, 2.05) is 6.92 Å². The van der Waals surface area contributed by atoms with Crippen molar-refractivity contribution >= 4 is 57.3 Å². The Balaban J connectivity index is 3.15. The van der Waals surface area contributed by atoms with Gasteiger partial charge >= 0.3 is 2.62 Å². The van der Waals surface area contributed by atoms with E-state index in [9.17, 15) is 0 Å². The molecule has 0 radical (unpaired) electrons. The molecule has 0 saturated heterocycles. The third kappa shape index (κ3) is 7.93. The molecule has 0 bridgehead atoms. The zero-order valence-corrected chi connectivity index (χ0v) is 9.82. The van der Waals surface area contributed by atoms with E-state index in [1.165, 1.54) is 0 Å². The molecule has 0 heterocycles. The average Bonchev–Trinajstić information content (AvgIpc) is 1.30. The lowest BCUT2D eigenvalue weighted by molar-refractivity contribution is 0.367. The van der Waals surface area contributed by atoms with Crippen molar-refractivity contribution in [3.8, 4) is 0 Å². The highest BCUT2D eigenvalue weighted by Gasteiger charge is 2.23. The minimum atomic E-state index is -1.74. The maximum atomic E-state index is 5.72. The largest absolute Gasteiger partial charge is 0.424 e. The van der Waals surface area contributed by atoms with E-state index in [-0.39, 0.29) is 0 Å². The van der Waals surface area contributed by atoms with Crippen LogP contribution in [0.4, 0.5) is 0 Å². The molecule has 0 unspecified atom stereocenters. The van der Waals surface area contributed by atoms with Gasteiger partial charge in [-0.1, -0.05) is 43.6 Å². The molecule has 0 aliphatic rings. The van der Waals surface area contributed by atoms with E-state index in [1.54, 1.807) is 0 Å². The molecule has 0 amide bonds. The first-order valence-electron chi connectivity index (χ1n) is 1.77. The molecular weight excluding hydrogens is 357 g/mol. The number of hydrogen-bond donors (Lipinski definition) is 0. The Labute approximate surface area is 74.4 Å². The maximum Gasteiger partial charge on any atom is 0.424 e. The first-order chi connectivity index (χ1) is 3.06. The first-order valence-corrected chi connectivity index (χ1v) is 10.9. The monoisotopic (exact) mass is 362 g/mol. The summed E-state index contributed by atoms with van der Waals surface area (Å²) in [6, 6.07) is 0. The Hall–Kier alpha value is 1.93. The van der Waals surface area contributed by atoms with E-state index in [0.29, 0.717) is 0 Å². The van der Waals surface area contributed by atoms with Gasteiger partial charge in [0.1, 0.15) is 0 Å². The lowest BCUT2D eigenvalue weighted by Crippen LogP contribution is -2.12. The second-order valence-corrected chi connectivity index (χ2v) is 22.8. The molecule has 0 aliphatic carbocycles. The highest BCUT2D eigenvalue weighted by atomic mass is 127. The van der Waals surface area contributed by atoms with E-state index in [2.05, 4.69) is 43.6 Å². The van der Waals surface area contributed by atoms with Gasteiger partial charge in [-0.25, -0.2) is 0 Å². The summed E-state index contributed by atoms with van der Waals surface area (Å²) in [4.78, 5) is 0. The van der Waals surface area contributed by atoms with Crippen LogP contribution in [-0.4, -0.2) is 9.23 Å². The Morgan fingerprint density at radius 1 is 1.71 bits per heavy atom. The maximum absolute atomic E-state index is 5.72. The quantitative estimate of drug-likeness (QED) is 0.417. The van der Waals surface area contributed by atoms with Crippen molar-refractivity contribution in [2.24, 2.45) is 0 Å². The van der Waals surface area contributed by atoms with Gasteiger partial charge in [0, 0.05) is 6.61 Å². The molecule has 0 fully saturated rings. The summed E-state index contributed by atoms with van der Waals surface area (Å²) in [6.07, 6.45) is 0. The fraction of sp³-hybridized carbons (Fsp3) is 1.00. The predicted molar refractivity (Wildman–Crippen MR) is 51.3 cm³/mol. The topological polar surface area (TPSA) is 9.23 Å². The fourth-order valence-corrected chi connectivity index (χ4v) is 2.69. The van der Waals surface area contributed by atoms with Crippen LogP contribution in [0.2, 0.25) is 0 Å². The zero-order chi connectivity index (χ0) is 5.91. The molecule has 1 nitrogen and oxygen atoms in total. The molecule has 0 N–H and O–H groups in total. The minimum Gasteiger partial charge on any atom is -0.389 e. The number of halogens is 3. The Morgan fingerprint density at radius 2 is 2.14 bits per heavy atom. The molecule has 0 rings (SSSR count). The van der Waals surface area contributed by atoms with Crippen molar-refractivity contribution in [2.45, 2.75) is 6.92 Å². The molecular formula is C2H5ClI2OSi. The van der Waals surface area contributed by atoms with E-state index < -0.39 is 2.62 Å². The van der Waals surface area contributed by atoms with Crippen molar-refractivity contribution in [3.63, 3.8) is 0 Å². The van der Waals surface area contributed by atoms with Crippen molar-refractivity contribution < 1.29 is 4.43 Å². The van der Waals surface area contributed by atoms with E-state index >= 15 is 0 Å². The molecule has 0 aliphatic heterocycles. The normalized spacial score (nSPS) is 12.0. The third-order valence-electron chi connectivity index (χ3n) is 0.308. The summed E-state index contributed by atoms with van der Waals surface area (Å²) in [5, 5.41) is 0. The third-order valence-corrected chi connectivity index (χ3v) is 3.12. The summed E-state index contributed by atoms with van der Waals surface area (Å²) in [5.74, 6) is 0. The number of hydrogen-bond acceptors (Lipinski definition) is 1. The van der Waals surface area contributed by atoms with E-state index in [0.717, 1.165) is 6.61 Å². The van der Waals surface area contributed by atoms with Crippen LogP contribution < -0.4 is 0 Å². The molecule has 0 aromatic heterocycles. The summed E-state index contributed by atoms with van der Waals surface area (Å²) in [6.45, 7) is 2.67. The van der Waals surface area contributed by atoms with Crippen molar-refractivity contribution in [2.75, 3.05) is 6.61 Å². The molecule has 7 heavy (non-hydrogen) atoms. The lowest BCUT2D eigenvalue weighted by Gasteiger charge is -2.05. The average molecular weight is 362 g/mol. The standard InChI is InChI=1S/C2H5ClI2OSi/c1-2-6-7(3,4)5/h2H2,1H3. The van der Waals surface area contributed by atoms with Crippen molar-refractivity contribution in [1.82, 2.24) is 0 Å². The lowest BCUT2D eigenvalue weighted by atomic mass is 10.9. The first kappa shape index (κ1) is 8.93. The Morgan fingerprint density at radius 3 is 2.14 bits per heavy atom. The fourth-order valence-electron chi connectivity index (χ4n) is 0.164. The molecule has 0 saturated carbocycles. The molecule has 0 aromatic carbocycles. The van der Waals surface area contributed by atoms with E-state index in [4.69, 9.17) is 15.5 Å². The smallest absolute Gasteiger partial charge is 0.389 e. The summed E-state index contributed by atoms with van der Waals surface area (Å²) in [7, 11) is 0. The summed E-state index contributed by atoms with van der Waals surface area (Å²) in [5.41, 5.74) is 0. The van der Waals surface area contributed by atoms with Gasteiger partial charge in [-0.15, -0.1) is 11.1 Å². The van der Waals surface area contributed by atoms with Crippen molar-refractivity contribution in [3.05, 3.63) is 0 Å². The molecule has 0 aromatic rings. The van der Waals surface area contributed by atoms with Crippen LogP contribution in [0, 0.1) is 0 Å². The molecule has 0 atom stereocenters. The van der Waals surface area contributed by atoms with Crippen LogP contribution in [0.25, 0.3) is 0 Å². The number of rotatable bonds is 2. The van der Waals surface area contributed by atoms with Gasteiger partial charge in [-0.05, 0) is 6.92 Å². The summed E-state index contributed by atoms with van der Waals surface area (Å²) < 4.78 is 3.36. The van der Waals surface area contributed by atoms with Crippen LogP contribution in [0.1, 0.15) is 6.92 Å². The molecule has 5 heteroatoms.